The van der Waals surface area contributed by atoms with Crippen molar-refractivity contribution in [3.63, 3.8) is 0 Å². The summed E-state index contributed by atoms with van der Waals surface area (Å²) in [5.74, 6) is 0.916. The molecule has 0 bridgehead atoms. The molecule has 1 heterocycles. The Balaban J connectivity index is 1.58. The third-order valence-electron chi connectivity index (χ3n) is 5.31. The van der Waals surface area contributed by atoms with Gasteiger partial charge in [0, 0.05) is 17.1 Å². The second-order valence-corrected chi connectivity index (χ2v) is 9.23. The Labute approximate surface area is 203 Å². The number of aryl methyl sites for hydroxylation is 2. The summed E-state index contributed by atoms with van der Waals surface area (Å²) in [6.07, 6.45) is 0.536. The van der Waals surface area contributed by atoms with E-state index in [1.165, 1.54) is 17.3 Å². The normalized spacial score (nSPS) is 12.8. The predicted octanol–water partition coefficient (Wildman–Crippen LogP) is 6.89. The number of nitrogens with zero attached hydrogens (tertiary/aromatic N) is 2. The SMILES string of the molecule is COc1ccc(C2=Nc3cc(C)c(C)cc3N=C(SCC(=O)Nc3cccc(Cl)c3)C2)cc1. The maximum Gasteiger partial charge on any atom is 0.234 e. The van der Waals surface area contributed by atoms with Gasteiger partial charge in [-0.3, -0.25) is 9.79 Å². The highest BCUT2D eigenvalue weighted by Gasteiger charge is 2.18. The Morgan fingerprint density at radius 3 is 2.39 bits per heavy atom. The average molecular weight is 478 g/mol. The maximum absolute atomic E-state index is 12.5. The lowest BCUT2D eigenvalue weighted by Crippen LogP contribution is -2.16. The van der Waals surface area contributed by atoms with Crippen LogP contribution in [-0.2, 0) is 4.79 Å². The molecular weight excluding hydrogens is 454 g/mol. The van der Waals surface area contributed by atoms with E-state index in [4.69, 9.17) is 26.3 Å². The minimum atomic E-state index is -0.113. The number of thioether (sulfide) groups is 1. The summed E-state index contributed by atoms with van der Waals surface area (Å²) in [6.45, 7) is 4.14. The molecule has 3 aromatic rings. The first-order chi connectivity index (χ1) is 15.9. The lowest BCUT2D eigenvalue weighted by Gasteiger charge is -2.09. The van der Waals surface area contributed by atoms with Crippen molar-refractivity contribution in [2.24, 2.45) is 9.98 Å². The number of aliphatic imine (C=N–C) groups is 2. The first kappa shape index (κ1) is 23.1. The zero-order valence-corrected chi connectivity index (χ0v) is 20.3. The molecule has 0 atom stereocenters. The van der Waals surface area contributed by atoms with Gasteiger partial charge in [0.1, 0.15) is 5.75 Å². The quantitative estimate of drug-likeness (QED) is 0.435. The molecule has 0 unspecified atom stereocenters. The van der Waals surface area contributed by atoms with E-state index in [-0.39, 0.29) is 11.7 Å². The van der Waals surface area contributed by atoms with Crippen molar-refractivity contribution >= 4 is 57.1 Å². The number of nitrogens with one attached hydrogen (secondary N) is 1. The number of amides is 1. The first-order valence-electron chi connectivity index (χ1n) is 10.5. The van der Waals surface area contributed by atoms with E-state index in [0.717, 1.165) is 39.0 Å². The standard InChI is InChI=1S/C26H24ClN3O2S/c1-16-11-23-24(12-17(16)2)30-26(14-22(29-23)18-7-9-21(32-3)10-8-18)33-15-25(31)28-20-6-4-5-19(27)13-20/h4-13H,14-15H2,1-3H3,(H,28,31). The van der Waals surface area contributed by atoms with E-state index in [2.05, 4.69) is 31.3 Å². The molecule has 3 aromatic carbocycles. The Bertz CT molecular complexity index is 1250. The van der Waals surface area contributed by atoms with Gasteiger partial charge in [-0.25, -0.2) is 4.99 Å². The molecule has 1 aliphatic heterocycles. The summed E-state index contributed by atoms with van der Waals surface area (Å²) in [4.78, 5) is 22.4. The molecule has 33 heavy (non-hydrogen) atoms. The Morgan fingerprint density at radius 1 is 1.03 bits per heavy atom. The van der Waals surface area contributed by atoms with Gasteiger partial charge < -0.3 is 10.1 Å². The minimum absolute atomic E-state index is 0.113. The number of ether oxygens (including phenoxy) is 1. The van der Waals surface area contributed by atoms with Gasteiger partial charge in [0.15, 0.2) is 0 Å². The molecule has 0 radical (unpaired) electrons. The van der Waals surface area contributed by atoms with Crippen LogP contribution in [0.4, 0.5) is 17.1 Å². The molecule has 0 aliphatic carbocycles. The molecule has 5 nitrogen and oxygen atoms in total. The summed E-state index contributed by atoms with van der Waals surface area (Å²) >= 11 is 7.44. The molecular formula is C26H24ClN3O2S. The number of hydrogen-bond donors (Lipinski definition) is 1. The van der Waals surface area contributed by atoms with E-state index in [1.807, 2.05) is 30.3 Å². The number of halogens is 1. The highest BCUT2D eigenvalue weighted by atomic mass is 35.5. The number of methoxy groups -OCH3 is 1. The maximum atomic E-state index is 12.5. The van der Waals surface area contributed by atoms with E-state index < -0.39 is 0 Å². The fourth-order valence-electron chi connectivity index (χ4n) is 3.41. The largest absolute Gasteiger partial charge is 0.497 e. The van der Waals surface area contributed by atoms with Crippen LogP contribution in [0.5, 0.6) is 5.75 Å². The van der Waals surface area contributed by atoms with Crippen molar-refractivity contribution in [1.29, 1.82) is 0 Å². The lowest BCUT2D eigenvalue weighted by molar-refractivity contribution is -0.113. The highest BCUT2D eigenvalue weighted by Crippen LogP contribution is 2.36. The van der Waals surface area contributed by atoms with Crippen molar-refractivity contribution in [2.45, 2.75) is 20.3 Å². The fraction of sp³-hybridized carbons (Fsp3) is 0.192. The molecule has 0 aromatic heterocycles. The van der Waals surface area contributed by atoms with Crippen molar-refractivity contribution in [2.75, 3.05) is 18.2 Å². The van der Waals surface area contributed by atoms with Crippen molar-refractivity contribution in [3.05, 3.63) is 82.4 Å². The van der Waals surface area contributed by atoms with Crippen LogP contribution in [0, 0.1) is 13.8 Å². The molecule has 1 N–H and O–H groups in total. The number of benzene rings is 3. The molecule has 0 fully saturated rings. The van der Waals surface area contributed by atoms with Crippen molar-refractivity contribution in [3.8, 4) is 5.75 Å². The van der Waals surface area contributed by atoms with E-state index in [9.17, 15) is 4.79 Å². The van der Waals surface area contributed by atoms with E-state index in [0.29, 0.717) is 17.1 Å². The highest BCUT2D eigenvalue weighted by molar-refractivity contribution is 8.14. The number of carbonyl (C=O) groups is 1. The number of fused-ring (bicyclic) bond motifs is 1. The number of hydrogen-bond acceptors (Lipinski definition) is 5. The number of rotatable bonds is 5. The van der Waals surface area contributed by atoms with Gasteiger partial charge in [-0.2, -0.15) is 0 Å². The molecule has 1 amide bonds. The smallest absolute Gasteiger partial charge is 0.234 e. The Hall–Kier alpha value is -3.09. The van der Waals surface area contributed by atoms with Gasteiger partial charge in [-0.05, 0) is 85.1 Å². The third-order valence-corrected chi connectivity index (χ3v) is 6.52. The van der Waals surface area contributed by atoms with Crippen molar-refractivity contribution in [1.82, 2.24) is 0 Å². The average Bonchev–Trinajstić information content (AvgIpc) is 2.97. The first-order valence-corrected chi connectivity index (χ1v) is 11.9. The van der Waals surface area contributed by atoms with Gasteiger partial charge in [0.05, 0.1) is 35.0 Å². The van der Waals surface area contributed by atoms with Gasteiger partial charge >= 0.3 is 0 Å². The molecule has 168 valence electrons. The summed E-state index contributed by atoms with van der Waals surface area (Å²) in [7, 11) is 1.65. The number of anilines is 1. The topological polar surface area (TPSA) is 63.1 Å². The van der Waals surface area contributed by atoms with Crippen LogP contribution in [0.1, 0.15) is 23.1 Å². The fourth-order valence-corrected chi connectivity index (χ4v) is 4.37. The lowest BCUT2D eigenvalue weighted by atomic mass is 10.1. The summed E-state index contributed by atoms with van der Waals surface area (Å²) in [5, 5.41) is 4.31. The second kappa shape index (κ2) is 10.2. The zero-order valence-electron chi connectivity index (χ0n) is 18.7. The summed E-state index contributed by atoms with van der Waals surface area (Å²) < 4.78 is 5.29. The minimum Gasteiger partial charge on any atom is -0.497 e. The van der Waals surface area contributed by atoms with Crippen molar-refractivity contribution < 1.29 is 9.53 Å². The van der Waals surface area contributed by atoms with Gasteiger partial charge in [-0.15, -0.1) is 11.8 Å². The van der Waals surface area contributed by atoms with Crippen LogP contribution < -0.4 is 10.1 Å². The Morgan fingerprint density at radius 2 is 1.73 bits per heavy atom. The Kier molecular flexibility index (Phi) is 7.16. The molecule has 0 saturated carbocycles. The number of carbonyl (C=O) groups excluding carboxylic acids is 1. The third kappa shape index (κ3) is 5.83. The van der Waals surface area contributed by atoms with E-state index in [1.54, 1.807) is 25.3 Å². The molecule has 0 saturated heterocycles. The van der Waals surface area contributed by atoms with Gasteiger partial charge in [0.2, 0.25) is 5.91 Å². The van der Waals surface area contributed by atoms with E-state index >= 15 is 0 Å². The summed E-state index contributed by atoms with van der Waals surface area (Å²) in [6, 6.07) is 19.1. The molecule has 1 aliphatic rings. The van der Waals surface area contributed by atoms with Crippen LogP contribution in [0.2, 0.25) is 5.02 Å². The van der Waals surface area contributed by atoms with Crippen LogP contribution in [0.25, 0.3) is 0 Å². The van der Waals surface area contributed by atoms with Crippen LogP contribution >= 0.6 is 23.4 Å². The van der Waals surface area contributed by atoms with Crippen LogP contribution in [-0.4, -0.2) is 29.5 Å². The monoisotopic (exact) mass is 477 g/mol. The second-order valence-electron chi connectivity index (χ2n) is 7.74. The summed E-state index contributed by atoms with van der Waals surface area (Å²) in [5.41, 5.74) is 6.55. The zero-order chi connectivity index (χ0) is 23.4. The van der Waals surface area contributed by atoms with Crippen LogP contribution in [0.3, 0.4) is 0 Å². The van der Waals surface area contributed by atoms with Crippen LogP contribution in [0.15, 0.2) is 70.6 Å². The predicted molar refractivity (Wildman–Crippen MR) is 139 cm³/mol. The van der Waals surface area contributed by atoms with Gasteiger partial charge in [0.25, 0.3) is 0 Å². The molecule has 4 rings (SSSR count). The van der Waals surface area contributed by atoms with Gasteiger partial charge in [-0.1, -0.05) is 17.7 Å². The molecule has 0 spiro atoms. The molecule has 7 heteroatoms.